The summed E-state index contributed by atoms with van der Waals surface area (Å²) in [6.07, 6.45) is 1.41. The molecule has 0 unspecified atom stereocenters. The fourth-order valence-corrected chi connectivity index (χ4v) is 3.73. The number of carbonyl (C=O) groups is 3. The molecule has 1 heterocycles. The fourth-order valence-electron chi connectivity index (χ4n) is 2.63. The second-order valence-electron chi connectivity index (χ2n) is 6.11. The number of rotatable bonds is 7. The summed E-state index contributed by atoms with van der Waals surface area (Å²) in [5.41, 5.74) is 0.956. The van der Waals surface area contributed by atoms with E-state index in [0.29, 0.717) is 23.0 Å². The molecule has 2 aromatic rings. The van der Waals surface area contributed by atoms with E-state index in [-0.39, 0.29) is 16.4 Å². The van der Waals surface area contributed by atoms with Crippen LogP contribution < -0.4 is 14.8 Å². The van der Waals surface area contributed by atoms with Crippen LogP contribution in [0.25, 0.3) is 6.08 Å². The average Bonchev–Trinajstić information content (AvgIpc) is 2.97. The summed E-state index contributed by atoms with van der Waals surface area (Å²) < 4.78 is 35.1. The average molecular weight is 513 g/mol. The van der Waals surface area contributed by atoms with E-state index in [9.17, 15) is 23.2 Å². The minimum absolute atomic E-state index is 0.0437. The maximum Gasteiger partial charge on any atom is 0.387 e. The van der Waals surface area contributed by atoms with Crippen molar-refractivity contribution in [3.8, 4) is 11.5 Å². The number of ether oxygens (including phenoxy) is 2. The zero-order chi connectivity index (χ0) is 22.5. The Morgan fingerprint density at radius 3 is 2.55 bits per heavy atom. The number of halogens is 3. The summed E-state index contributed by atoms with van der Waals surface area (Å²) >= 11 is 3.96. The van der Waals surface area contributed by atoms with Gasteiger partial charge in [-0.3, -0.25) is 19.3 Å². The second kappa shape index (κ2) is 9.92. The highest BCUT2D eigenvalue weighted by molar-refractivity contribution is 9.10. The number of nitrogens with zero attached hydrogens (tertiary/aromatic N) is 1. The van der Waals surface area contributed by atoms with Crippen LogP contribution in [-0.2, 0) is 9.59 Å². The van der Waals surface area contributed by atoms with Crippen LogP contribution in [0.3, 0.4) is 0 Å². The van der Waals surface area contributed by atoms with E-state index in [0.717, 1.165) is 9.37 Å². The lowest BCUT2D eigenvalue weighted by molar-refractivity contribution is -0.127. The van der Waals surface area contributed by atoms with Gasteiger partial charge < -0.3 is 14.8 Å². The van der Waals surface area contributed by atoms with E-state index >= 15 is 0 Å². The molecular formula is C20H15BrF2N2O5S. The molecule has 1 N–H and O–H groups in total. The van der Waals surface area contributed by atoms with Crippen molar-refractivity contribution in [3.05, 3.63) is 57.4 Å². The number of carbonyl (C=O) groups excluding carboxylic acids is 3. The Balaban J connectivity index is 1.71. The lowest BCUT2D eigenvalue weighted by Crippen LogP contribution is -2.36. The first kappa shape index (κ1) is 22.8. The highest BCUT2D eigenvalue weighted by Gasteiger charge is 2.36. The van der Waals surface area contributed by atoms with Gasteiger partial charge in [0.05, 0.1) is 12.0 Å². The van der Waals surface area contributed by atoms with Gasteiger partial charge in [-0.05, 0) is 59.8 Å². The van der Waals surface area contributed by atoms with Crippen LogP contribution >= 0.6 is 27.7 Å². The maximum atomic E-state index is 12.6. The van der Waals surface area contributed by atoms with Gasteiger partial charge in [0, 0.05) is 10.2 Å². The van der Waals surface area contributed by atoms with Crippen LogP contribution in [0.5, 0.6) is 11.5 Å². The van der Waals surface area contributed by atoms with Crippen LogP contribution in [-0.4, -0.2) is 42.2 Å². The molecule has 3 rings (SSSR count). The van der Waals surface area contributed by atoms with Gasteiger partial charge in [0.2, 0.25) is 5.91 Å². The van der Waals surface area contributed by atoms with Gasteiger partial charge in [-0.1, -0.05) is 22.0 Å². The number of imide groups is 1. The summed E-state index contributed by atoms with van der Waals surface area (Å²) in [6, 6.07) is 10.9. The first-order valence-corrected chi connectivity index (χ1v) is 10.3. The number of methoxy groups -OCH3 is 1. The van der Waals surface area contributed by atoms with Gasteiger partial charge in [-0.25, -0.2) is 0 Å². The van der Waals surface area contributed by atoms with Crippen LogP contribution in [0.4, 0.5) is 19.3 Å². The number of amides is 3. The molecule has 3 amide bonds. The SMILES string of the molecule is COc1cc(/C=C2\SC(=O)N(CC(=O)Nc3ccc(Br)cc3)C2=O)ccc1OC(F)F. The van der Waals surface area contributed by atoms with E-state index in [1.165, 1.54) is 31.4 Å². The number of anilines is 1. The summed E-state index contributed by atoms with van der Waals surface area (Å²) in [5, 5.41) is 2.02. The summed E-state index contributed by atoms with van der Waals surface area (Å²) in [5.74, 6) is -1.27. The van der Waals surface area contributed by atoms with Gasteiger partial charge >= 0.3 is 6.61 Å². The minimum atomic E-state index is -3.01. The summed E-state index contributed by atoms with van der Waals surface area (Å²) in [4.78, 5) is 38.0. The Kier molecular flexibility index (Phi) is 7.29. The molecule has 7 nitrogen and oxygen atoms in total. The molecule has 0 saturated carbocycles. The molecule has 1 saturated heterocycles. The number of alkyl halides is 2. The fraction of sp³-hybridized carbons (Fsp3) is 0.150. The van der Waals surface area contributed by atoms with E-state index in [1.54, 1.807) is 24.3 Å². The number of hydrogen-bond acceptors (Lipinski definition) is 6. The molecule has 11 heteroatoms. The van der Waals surface area contributed by atoms with Crippen LogP contribution in [0.15, 0.2) is 51.8 Å². The monoisotopic (exact) mass is 512 g/mol. The number of benzene rings is 2. The van der Waals surface area contributed by atoms with Crippen LogP contribution in [0.1, 0.15) is 5.56 Å². The Morgan fingerprint density at radius 1 is 1.19 bits per heavy atom. The molecule has 31 heavy (non-hydrogen) atoms. The highest BCUT2D eigenvalue weighted by Crippen LogP contribution is 2.35. The summed E-state index contributed by atoms with van der Waals surface area (Å²) in [6.45, 7) is -3.46. The molecule has 0 aliphatic carbocycles. The van der Waals surface area contributed by atoms with E-state index < -0.39 is 30.2 Å². The second-order valence-corrected chi connectivity index (χ2v) is 8.02. The Bertz CT molecular complexity index is 1050. The molecule has 0 aromatic heterocycles. The first-order chi connectivity index (χ1) is 14.8. The van der Waals surface area contributed by atoms with Crippen LogP contribution in [0.2, 0.25) is 0 Å². The number of thioether (sulfide) groups is 1. The molecule has 1 fully saturated rings. The third-order valence-corrected chi connectivity index (χ3v) is 5.44. The molecule has 1 aliphatic rings. The lowest BCUT2D eigenvalue weighted by Gasteiger charge is -2.12. The summed E-state index contributed by atoms with van der Waals surface area (Å²) in [7, 11) is 1.29. The predicted molar refractivity (Wildman–Crippen MR) is 115 cm³/mol. The first-order valence-electron chi connectivity index (χ1n) is 8.70. The minimum Gasteiger partial charge on any atom is -0.493 e. The quantitative estimate of drug-likeness (QED) is 0.539. The largest absolute Gasteiger partial charge is 0.493 e. The predicted octanol–water partition coefficient (Wildman–Crippen LogP) is 4.73. The molecular weight excluding hydrogens is 498 g/mol. The normalized spacial score (nSPS) is 15.0. The molecule has 2 aromatic carbocycles. The lowest BCUT2D eigenvalue weighted by atomic mass is 10.2. The molecule has 0 spiro atoms. The van der Waals surface area contributed by atoms with E-state index in [1.807, 2.05) is 0 Å². The Morgan fingerprint density at radius 2 is 1.90 bits per heavy atom. The molecule has 0 radical (unpaired) electrons. The van der Waals surface area contributed by atoms with Gasteiger partial charge in [0.1, 0.15) is 6.54 Å². The highest BCUT2D eigenvalue weighted by atomic mass is 79.9. The van der Waals surface area contributed by atoms with Gasteiger partial charge in [0.25, 0.3) is 11.1 Å². The van der Waals surface area contributed by atoms with Crippen molar-refractivity contribution in [1.29, 1.82) is 0 Å². The molecule has 162 valence electrons. The molecule has 0 bridgehead atoms. The third kappa shape index (κ3) is 5.82. The van der Waals surface area contributed by atoms with Crippen molar-refractivity contribution in [2.24, 2.45) is 0 Å². The van der Waals surface area contributed by atoms with Gasteiger partial charge in [-0.2, -0.15) is 8.78 Å². The Hall–Kier alpha value is -2.92. The Labute approximate surface area is 188 Å². The molecule has 0 atom stereocenters. The smallest absolute Gasteiger partial charge is 0.387 e. The van der Waals surface area contributed by atoms with Crippen molar-refractivity contribution in [2.75, 3.05) is 19.0 Å². The van der Waals surface area contributed by atoms with Crippen LogP contribution in [0, 0.1) is 0 Å². The van der Waals surface area contributed by atoms with E-state index in [4.69, 9.17) is 4.74 Å². The number of nitrogens with one attached hydrogen (secondary N) is 1. The van der Waals surface area contributed by atoms with Crippen molar-refractivity contribution in [2.45, 2.75) is 6.61 Å². The standard InChI is InChI=1S/C20H15BrF2N2O5S/c1-29-15-8-11(2-7-14(15)30-19(22)23)9-16-18(27)25(20(28)31-16)10-17(26)24-13-5-3-12(21)4-6-13/h2-9,19H,10H2,1H3,(H,24,26)/b16-9-. The van der Waals surface area contributed by atoms with Crippen molar-refractivity contribution >= 4 is 56.5 Å². The number of hydrogen-bond donors (Lipinski definition) is 1. The van der Waals surface area contributed by atoms with Gasteiger partial charge in [0.15, 0.2) is 11.5 Å². The zero-order valence-electron chi connectivity index (χ0n) is 15.9. The third-order valence-electron chi connectivity index (χ3n) is 4.00. The zero-order valence-corrected chi connectivity index (χ0v) is 18.3. The van der Waals surface area contributed by atoms with E-state index in [2.05, 4.69) is 26.0 Å². The van der Waals surface area contributed by atoms with Crippen molar-refractivity contribution in [1.82, 2.24) is 4.90 Å². The topological polar surface area (TPSA) is 84.9 Å². The van der Waals surface area contributed by atoms with Gasteiger partial charge in [-0.15, -0.1) is 0 Å². The molecule has 1 aliphatic heterocycles. The maximum absolute atomic E-state index is 12.6. The van der Waals surface area contributed by atoms with Crippen molar-refractivity contribution < 1.29 is 32.6 Å². The van der Waals surface area contributed by atoms with Crippen molar-refractivity contribution in [3.63, 3.8) is 0 Å².